The van der Waals surface area contributed by atoms with Crippen molar-refractivity contribution in [2.75, 3.05) is 13.7 Å². The van der Waals surface area contributed by atoms with Crippen LogP contribution in [0.1, 0.15) is 26.7 Å². The van der Waals surface area contributed by atoms with Gasteiger partial charge >= 0.3 is 12.0 Å². The van der Waals surface area contributed by atoms with E-state index in [-0.39, 0.29) is 17.8 Å². The number of nitrogens with two attached hydrogens (primary N) is 1. The molecule has 0 radical (unpaired) electrons. The summed E-state index contributed by atoms with van der Waals surface area (Å²) in [5.74, 6) is -0.0558. The van der Waals surface area contributed by atoms with Gasteiger partial charge in [0.15, 0.2) is 0 Å². The Labute approximate surface area is 90.4 Å². The summed E-state index contributed by atoms with van der Waals surface area (Å²) in [5, 5.41) is 2.48. The summed E-state index contributed by atoms with van der Waals surface area (Å²) < 4.78 is 4.70. The number of carbonyl (C=O) groups is 2. The number of ether oxygens (including phenoxy) is 1. The van der Waals surface area contributed by atoms with E-state index < -0.39 is 6.03 Å². The molecular formula is C10H20N2O3. The molecule has 88 valence electrons. The van der Waals surface area contributed by atoms with Crippen LogP contribution in [0.3, 0.4) is 0 Å². The summed E-state index contributed by atoms with van der Waals surface area (Å²) in [7, 11) is 1.39. The van der Waals surface area contributed by atoms with Crippen molar-refractivity contribution in [3.05, 3.63) is 0 Å². The lowest BCUT2D eigenvalue weighted by atomic mass is 9.91. The van der Waals surface area contributed by atoms with Crippen LogP contribution in [0.4, 0.5) is 4.79 Å². The largest absolute Gasteiger partial charge is 0.469 e. The maximum Gasteiger partial charge on any atom is 0.312 e. The molecular weight excluding hydrogens is 196 g/mol. The van der Waals surface area contributed by atoms with E-state index in [0.29, 0.717) is 13.0 Å². The zero-order valence-corrected chi connectivity index (χ0v) is 9.58. The molecule has 0 spiro atoms. The van der Waals surface area contributed by atoms with Crippen molar-refractivity contribution in [3.8, 4) is 0 Å². The van der Waals surface area contributed by atoms with Gasteiger partial charge in [-0.05, 0) is 18.8 Å². The van der Waals surface area contributed by atoms with E-state index in [9.17, 15) is 9.59 Å². The van der Waals surface area contributed by atoms with Gasteiger partial charge in [0.2, 0.25) is 0 Å². The Kier molecular flexibility index (Phi) is 6.49. The SMILES string of the molecule is COC(=O)[C@H](CCCNC(N)=O)C(C)C. The van der Waals surface area contributed by atoms with Crippen LogP contribution < -0.4 is 11.1 Å². The van der Waals surface area contributed by atoms with Gasteiger partial charge in [0.05, 0.1) is 13.0 Å². The molecule has 0 heterocycles. The molecule has 1 atom stereocenters. The number of primary amides is 1. The molecule has 0 saturated heterocycles. The van der Waals surface area contributed by atoms with Crippen molar-refractivity contribution < 1.29 is 14.3 Å². The van der Waals surface area contributed by atoms with E-state index in [1.807, 2.05) is 13.8 Å². The molecule has 15 heavy (non-hydrogen) atoms. The van der Waals surface area contributed by atoms with E-state index >= 15 is 0 Å². The number of esters is 1. The highest BCUT2D eigenvalue weighted by Gasteiger charge is 2.22. The molecule has 0 bridgehead atoms. The van der Waals surface area contributed by atoms with Crippen molar-refractivity contribution in [3.63, 3.8) is 0 Å². The fourth-order valence-electron chi connectivity index (χ4n) is 1.41. The van der Waals surface area contributed by atoms with Gasteiger partial charge in [-0.2, -0.15) is 0 Å². The minimum absolute atomic E-state index is 0.107. The standard InChI is InChI=1S/C10H20N2O3/c1-7(2)8(9(13)15-3)5-4-6-12-10(11)14/h7-8H,4-6H2,1-3H3,(H3,11,12,14)/t8-/m1/s1. The van der Waals surface area contributed by atoms with Crippen LogP contribution >= 0.6 is 0 Å². The summed E-state index contributed by atoms with van der Waals surface area (Å²) in [6.07, 6.45) is 1.42. The van der Waals surface area contributed by atoms with Gasteiger partial charge in [-0.1, -0.05) is 13.8 Å². The van der Waals surface area contributed by atoms with Crippen LogP contribution in [0.2, 0.25) is 0 Å². The second-order valence-electron chi connectivity index (χ2n) is 3.81. The first-order chi connectivity index (χ1) is 6.99. The summed E-state index contributed by atoms with van der Waals surface area (Å²) in [4.78, 5) is 21.7. The smallest absolute Gasteiger partial charge is 0.312 e. The summed E-state index contributed by atoms with van der Waals surface area (Å²) in [6.45, 7) is 4.45. The average molecular weight is 216 g/mol. The highest BCUT2D eigenvalue weighted by atomic mass is 16.5. The Bertz CT molecular complexity index is 217. The fraction of sp³-hybridized carbons (Fsp3) is 0.800. The van der Waals surface area contributed by atoms with Crippen LogP contribution in [-0.2, 0) is 9.53 Å². The van der Waals surface area contributed by atoms with Crippen molar-refractivity contribution >= 4 is 12.0 Å². The highest BCUT2D eigenvalue weighted by molar-refractivity contribution is 5.72. The lowest BCUT2D eigenvalue weighted by Crippen LogP contribution is -2.31. The van der Waals surface area contributed by atoms with Crippen molar-refractivity contribution in [2.45, 2.75) is 26.7 Å². The van der Waals surface area contributed by atoms with E-state index in [1.165, 1.54) is 7.11 Å². The van der Waals surface area contributed by atoms with Crippen LogP contribution in [0, 0.1) is 11.8 Å². The van der Waals surface area contributed by atoms with Gasteiger partial charge in [-0.3, -0.25) is 4.79 Å². The van der Waals surface area contributed by atoms with Crippen molar-refractivity contribution in [1.82, 2.24) is 5.32 Å². The Morgan fingerprint density at radius 1 is 1.40 bits per heavy atom. The highest BCUT2D eigenvalue weighted by Crippen LogP contribution is 2.18. The Morgan fingerprint density at radius 2 is 2.00 bits per heavy atom. The fourth-order valence-corrected chi connectivity index (χ4v) is 1.41. The summed E-state index contributed by atoms with van der Waals surface area (Å²) in [6, 6.07) is -0.533. The second-order valence-corrected chi connectivity index (χ2v) is 3.81. The molecule has 0 aliphatic heterocycles. The first-order valence-corrected chi connectivity index (χ1v) is 5.10. The van der Waals surface area contributed by atoms with Crippen LogP contribution in [-0.4, -0.2) is 25.7 Å². The first-order valence-electron chi connectivity index (χ1n) is 5.10. The molecule has 0 aliphatic carbocycles. The number of hydrogen-bond acceptors (Lipinski definition) is 3. The van der Waals surface area contributed by atoms with E-state index in [4.69, 9.17) is 10.5 Å². The number of methoxy groups -OCH3 is 1. The zero-order valence-electron chi connectivity index (χ0n) is 9.58. The van der Waals surface area contributed by atoms with Gasteiger partial charge in [0, 0.05) is 6.54 Å². The minimum atomic E-state index is -0.533. The number of nitrogens with one attached hydrogen (secondary N) is 1. The Hall–Kier alpha value is -1.26. The van der Waals surface area contributed by atoms with Gasteiger partial charge in [0.25, 0.3) is 0 Å². The predicted octanol–water partition coefficient (Wildman–Crippen LogP) is 0.880. The second kappa shape index (κ2) is 7.09. The van der Waals surface area contributed by atoms with Gasteiger partial charge < -0.3 is 15.8 Å². The molecule has 0 fully saturated rings. The molecule has 2 amide bonds. The lowest BCUT2D eigenvalue weighted by Gasteiger charge is -2.17. The van der Waals surface area contributed by atoms with Crippen molar-refractivity contribution in [2.24, 2.45) is 17.6 Å². The lowest BCUT2D eigenvalue weighted by molar-refractivity contribution is -0.147. The Morgan fingerprint density at radius 3 is 2.40 bits per heavy atom. The third-order valence-corrected chi connectivity index (χ3v) is 2.30. The average Bonchev–Trinajstić information content (AvgIpc) is 2.15. The number of urea groups is 1. The maximum atomic E-state index is 11.3. The first kappa shape index (κ1) is 13.7. The quantitative estimate of drug-likeness (QED) is 0.511. The predicted molar refractivity (Wildman–Crippen MR) is 57.2 cm³/mol. The molecule has 3 N–H and O–H groups in total. The third-order valence-electron chi connectivity index (χ3n) is 2.30. The molecule has 5 nitrogen and oxygen atoms in total. The monoisotopic (exact) mass is 216 g/mol. The minimum Gasteiger partial charge on any atom is -0.469 e. The topological polar surface area (TPSA) is 81.4 Å². The van der Waals surface area contributed by atoms with Crippen LogP contribution in [0.15, 0.2) is 0 Å². The van der Waals surface area contributed by atoms with Crippen LogP contribution in [0.5, 0.6) is 0 Å². The summed E-state index contributed by atoms with van der Waals surface area (Å²) >= 11 is 0. The number of amides is 2. The molecule has 0 aromatic carbocycles. The van der Waals surface area contributed by atoms with E-state index in [1.54, 1.807) is 0 Å². The third kappa shape index (κ3) is 5.93. The van der Waals surface area contributed by atoms with Gasteiger partial charge in [-0.15, -0.1) is 0 Å². The molecule has 0 aromatic heterocycles. The number of rotatable bonds is 6. The Balaban J connectivity index is 3.87. The van der Waals surface area contributed by atoms with Crippen LogP contribution in [0.25, 0.3) is 0 Å². The molecule has 0 unspecified atom stereocenters. The molecule has 0 rings (SSSR count). The van der Waals surface area contributed by atoms with Gasteiger partial charge in [-0.25, -0.2) is 4.79 Å². The van der Waals surface area contributed by atoms with E-state index in [2.05, 4.69) is 5.32 Å². The number of hydrogen-bond donors (Lipinski definition) is 2. The normalized spacial score (nSPS) is 12.3. The summed E-state index contributed by atoms with van der Waals surface area (Å²) in [5.41, 5.74) is 4.91. The number of carbonyl (C=O) groups excluding carboxylic acids is 2. The maximum absolute atomic E-state index is 11.3. The van der Waals surface area contributed by atoms with Gasteiger partial charge in [0.1, 0.15) is 0 Å². The molecule has 5 heteroatoms. The van der Waals surface area contributed by atoms with E-state index in [0.717, 1.165) is 6.42 Å². The molecule has 0 aromatic rings. The molecule has 0 saturated carbocycles. The molecule has 0 aliphatic rings. The van der Waals surface area contributed by atoms with Crippen molar-refractivity contribution in [1.29, 1.82) is 0 Å². The zero-order chi connectivity index (χ0) is 11.8.